The Morgan fingerprint density at radius 1 is 1.21 bits per heavy atom. The molecule has 3 nitrogen and oxygen atoms in total. The van der Waals surface area contributed by atoms with E-state index >= 15 is 0 Å². The van der Waals surface area contributed by atoms with E-state index in [-0.39, 0.29) is 0 Å². The molecular weight excluding hydrogens is 258 g/mol. The van der Waals surface area contributed by atoms with Crippen LogP contribution in [0.3, 0.4) is 0 Å². The fraction of sp³-hybridized carbons (Fsp3) is 0.533. The summed E-state index contributed by atoms with van der Waals surface area (Å²) in [7, 11) is 0. The smallest absolute Gasteiger partial charge is 0.115 e. The summed E-state index contributed by atoms with van der Waals surface area (Å²) in [6.07, 6.45) is 8.24. The van der Waals surface area contributed by atoms with Crippen LogP contribution < -0.4 is 11.3 Å². The number of benzene rings is 1. The fourth-order valence-electron chi connectivity index (χ4n) is 2.56. The Balaban J connectivity index is 2.04. The maximum atomic E-state index is 6.17. The maximum absolute atomic E-state index is 6.17. The molecule has 0 bridgehead atoms. The average molecular weight is 280 g/mol. The molecule has 1 fully saturated rings. The summed E-state index contributed by atoms with van der Waals surface area (Å²) in [6.45, 7) is 0. The van der Waals surface area contributed by atoms with Gasteiger partial charge >= 0.3 is 0 Å². The van der Waals surface area contributed by atoms with Crippen LogP contribution in [0, 0.1) is 0 Å². The molecule has 0 aromatic heterocycles. The van der Waals surface area contributed by atoms with Gasteiger partial charge in [0, 0.05) is 11.4 Å². The van der Waals surface area contributed by atoms with Crippen LogP contribution in [-0.4, -0.2) is 11.9 Å². The molecule has 19 heavy (non-hydrogen) atoms. The Morgan fingerprint density at radius 3 is 2.53 bits per heavy atom. The Labute approximate surface area is 120 Å². The number of halogens is 1. The predicted molar refractivity (Wildman–Crippen MR) is 81.4 cm³/mol. The molecule has 0 spiro atoms. The van der Waals surface area contributed by atoms with Crippen molar-refractivity contribution in [2.75, 3.05) is 0 Å². The number of nitrogens with one attached hydrogen (secondary N) is 1. The SMILES string of the molecule is NNC(Cc1ccccc1Cl)=NC1CCCCCC1. The van der Waals surface area contributed by atoms with Crippen molar-refractivity contribution in [1.29, 1.82) is 0 Å². The minimum absolute atomic E-state index is 0.413. The van der Waals surface area contributed by atoms with Gasteiger partial charge in [0.1, 0.15) is 5.84 Å². The molecule has 1 aliphatic carbocycles. The zero-order valence-corrected chi connectivity index (χ0v) is 12.0. The molecular formula is C15H22ClN3. The Kier molecular flexibility index (Phi) is 5.67. The summed E-state index contributed by atoms with van der Waals surface area (Å²) in [5, 5.41) is 0.770. The first-order valence-electron chi connectivity index (χ1n) is 7.06. The number of aliphatic imine (C=N–C) groups is 1. The lowest BCUT2D eigenvalue weighted by atomic mass is 10.1. The van der Waals surface area contributed by atoms with E-state index < -0.39 is 0 Å². The van der Waals surface area contributed by atoms with Crippen LogP contribution >= 0.6 is 11.6 Å². The lowest BCUT2D eigenvalue weighted by Crippen LogP contribution is -2.33. The van der Waals surface area contributed by atoms with Crippen LogP contribution in [0.1, 0.15) is 44.1 Å². The van der Waals surface area contributed by atoms with Gasteiger partial charge in [-0.2, -0.15) is 0 Å². The van der Waals surface area contributed by atoms with Crippen LogP contribution in [0.2, 0.25) is 5.02 Å². The highest BCUT2D eigenvalue weighted by Gasteiger charge is 2.12. The van der Waals surface area contributed by atoms with Gasteiger partial charge in [-0.15, -0.1) is 0 Å². The van der Waals surface area contributed by atoms with Crippen molar-refractivity contribution < 1.29 is 0 Å². The highest BCUT2D eigenvalue weighted by atomic mass is 35.5. The van der Waals surface area contributed by atoms with E-state index in [1.54, 1.807) is 0 Å². The quantitative estimate of drug-likeness (QED) is 0.293. The monoisotopic (exact) mass is 279 g/mol. The molecule has 4 heteroatoms. The first kappa shape index (κ1) is 14.4. The number of hydrogen-bond acceptors (Lipinski definition) is 2. The van der Waals surface area contributed by atoms with Crippen LogP contribution in [0.25, 0.3) is 0 Å². The van der Waals surface area contributed by atoms with Crippen LogP contribution in [0.15, 0.2) is 29.3 Å². The zero-order valence-electron chi connectivity index (χ0n) is 11.2. The van der Waals surface area contributed by atoms with Crippen LogP contribution in [0.4, 0.5) is 0 Å². The van der Waals surface area contributed by atoms with Crippen molar-refractivity contribution in [2.24, 2.45) is 10.8 Å². The van der Waals surface area contributed by atoms with E-state index in [2.05, 4.69) is 5.43 Å². The zero-order chi connectivity index (χ0) is 13.5. The molecule has 0 saturated heterocycles. The summed E-state index contributed by atoms with van der Waals surface area (Å²) in [5.74, 6) is 6.44. The Bertz CT molecular complexity index is 423. The molecule has 3 N–H and O–H groups in total. The van der Waals surface area contributed by atoms with Gasteiger partial charge in [0.05, 0.1) is 6.04 Å². The standard InChI is InChI=1S/C15H22ClN3/c16-14-10-6-5-7-12(14)11-15(19-17)18-13-8-3-1-2-4-9-13/h5-7,10,13H,1-4,8-9,11,17H2,(H,18,19). The molecule has 1 saturated carbocycles. The molecule has 1 aromatic carbocycles. The van der Waals surface area contributed by atoms with Gasteiger partial charge in [-0.1, -0.05) is 55.5 Å². The summed E-state index contributed by atoms with van der Waals surface area (Å²) >= 11 is 6.17. The predicted octanol–water partition coefficient (Wildman–Crippen LogP) is 3.47. The van der Waals surface area contributed by atoms with Gasteiger partial charge in [-0.05, 0) is 24.5 Å². The van der Waals surface area contributed by atoms with Crippen LogP contribution in [0.5, 0.6) is 0 Å². The van der Waals surface area contributed by atoms with E-state index in [4.69, 9.17) is 22.4 Å². The van der Waals surface area contributed by atoms with Crippen molar-refractivity contribution >= 4 is 17.4 Å². The topological polar surface area (TPSA) is 50.4 Å². The number of nitrogens with two attached hydrogens (primary N) is 1. The second-order valence-corrected chi connectivity index (χ2v) is 5.54. The lowest BCUT2D eigenvalue weighted by Gasteiger charge is -2.13. The van der Waals surface area contributed by atoms with Crippen molar-refractivity contribution in [3.63, 3.8) is 0 Å². The number of rotatable bonds is 3. The van der Waals surface area contributed by atoms with E-state index in [1.165, 1.54) is 38.5 Å². The summed E-state index contributed by atoms with van der Waals surface area (Å²) in [6, 6.07) is 8.25. The second-order valence-electron chi connectivity index (χ2n) is 5.13. The molecule has 0 atom stereocenters. The summed E-state index contributed by atoms with van der Waals surface area (Å²) < 4.78 is 0. The molecule has 0 radical (unpaired) electrons. The first-order chi connectivity index (χ1) is 9.29. The molecule has 0 unspecified atom stereocenters. The summed E-state index contributed by atoms with van der Waals surface area (Å²) in [5.41, 5.74) is 3.80. The third-order valence-corrected chi connectivity index (χ3v) is 4.01. The summed E-state index contributed by atoms with van der Waals surface area (Å²) in [4.78, 5) is 4.77. The van der Waals surface area contributed by atoms with Gasteiger partial charge in [-0.3, -0.25) is 4.99 Å². The molecule has 1 aliphatic rings. The van der Waals surface area contributed by atoms with Gasteiger partial charge < -0.3 is 5.43 Å². The van der Waals surface area contributed by atoms with Gasteiger partial charge in [0.25, 0.3) is 0 Å². The van der Waals surface area contributed by atoms with Crippen molar-refractivity contribution in [2.45, 2.75) is 51.0 Å². The molecule has 1 aromatic rings. The number of hydrazine groups is 1. The maximum Gasteiger partial charge on any atom is 0.115 e. The van der Waals surface area contributed by atoms with Gasteiger partial charge in [0.2, 0.25) is 0 Å². The minimum Gasteiger partial charge on any atom is -0.312 e. The molecule has 0 heterocycles. The number of nitrogens with zero attached hydrogens (tertiary/aromatic N) is 1. The lowest BCUT2D eigenvalue weighted by molar-refractivity contribution is 0.581. The Hall–Kier alpha value is -1.06. The van der Waals surface area contributed by atoms with Crippen molar-refractivity contribution in [1.82, 2.24) is 5.43 Å². The minimum atomic E-state index is 0.413. The average Bonchev–Trinajstić information content (AvgIpc) is 2.69. The molecule has 104 valence electrons. The molecule has 2 rings (SSSR count). The number of hydrogen-bond donors (Lipinski definition) is 2. The molecule has 0 aliphatic heterocycles. The third-order valence-electron chi connectivity index (χ3n) is 3.65. The van der Waals surface area contributed by atoms with Crippen molar-refractivity contribution in [3.05, 3.63) is 34.9 Å². The third kappa shape index (κ3) is 4.51. The second kappa shape index (κ2) is 7.51. The van der Waals surface area contributed by atoms with Crippen LogP contribution in [-0.2, 0) is 6.42 Å². The number of amidine groups is 1. The Morgan fingerprint density at radius 2 is 1.89 bits per heavy atom. The fourth-order valence-corrected chi connectivity index (χ4v) is 2.77. The van der Waals surface area contributed by atoms with Gasteiger partial charge in [0.15, 0.2) is 0 Å². The van der Waals surface area contributed by atoms with Crippen molar-refractivity contribution in [3.8, 4) is 0 Å². The highest BCUT2D eigenvalue weighted by Crippen LogP contribution is 2.21. The largest absolute Gasteiger partial charge is 0.312 e. The van der Waals surface area contributed by atoms with E-state index in [1.807, 2.05) is 24.3 Å². The first-order valence-corrected chi connectivity index (χ1v) is 7.44. The highest BCUT2D eigenvalue weighted by molar-refractivity contribution is 6.31. The van der Waals surface area contributed by atoms with E-state index in [9.17, 15) is 0 Å². The molecule has 0 amide bonds. The van der Waals surface area contributed by atoms with E-state index in [0.29, 0.717) is 12.5 Å². The van der Waals surface area contributed by atoms with E-state index in [0.717, 1.165) is 16.4 Å². The van der Waals surface area contributed by atoms with Gasteiger partial charge in [-0.25, -0.2) is 5.84 Å². The normalized spacial score (nSPS) is 18.1.